The fourth-order valence-corrected chi connectivity index (χ4v) is 1.60. The van der Waals surface area contributed by atoms with Crippen LogP contribution in [0.5, 0.6) is 0 Å². The summed E-state index contributed by atoms with van der Waals surface area (Å²) in [6, 6.07) is 3.24. The monoisotopic (exact) mass is 243 g/mol. The van der Waals surface area contributed by atoms with Crippen molar-refractivity contribution in [2.24, 2.45) is 0 Å². The summed E-state index contributed by atoms with van der Waals surface area (Å²) < 4.78 is 25.3. The van der Waals surface area contributed by atoms with E-state index < -0.39 is 12.0 Å². The van der Waals surface area contributed by atoms with Gasteiger partial charge in [-0.05, 0) is 17.7 Å². The first-order chi connectivity index (χ1) is 7.96. The molecule has 1 fully saturated rings. The van der Waals surface area contributed by atoms with Crippen LogP contribution in [0.4, 0.5) is 19.4 Å². The van der Waals surface area contributed by atoms with Gasteiger partial charge in [-0.25, -0.2) is 18.6 Å². The van der Waals surface area contributed by atoms with Gasteiger partial charge in [-0.3, -0.25) is 0 Å². The molecule has 2 rings (SSSR count). The lowest BCUT2D eigenvalue weighted by Crippen LogP contribution is -2.56. The number of alkyl halides is 2. The average molecular weight is 243 g/mol. The summed E-state index contributed by atoms with van der Waals surface area (Å²) in [4.78, 5) is 15.7. The Balaban J connectivity index is 2.00. The van der Waals surface area contributed by atoms with E-state index in [2.05, 4.69) is 10.3 Å². The van der Waals surface area contributed by atoms with Crippen molar-refractivity contribution < 1.29 is 18.7 Å². The molecule has 92 valence electrons. The third-order valence-electron chi connectivity index (χ3n) is 2.42. The lowest BCUT2D eigenvalue weighted by atomic mass is 10.1. The first kappa shape index (κ1) is 11.6. The summed E-state index contributed by atoms with van der Waals surface area (Å²) >= 11 is 0. The lowest BCUT2D eigenvalue weighted by Gasteiger charge is -2.39. The van der Waals surface area contributed by atoms with E-state index in [4.69, 9.17) is 5.11 Å². The summed E-state index contributed by atoms with van der Waals surface area (Å²) in [6.07, 6.45) is 0.351. The number of rotatable bonds is 3. The number of hydrogen-bond acceptors (Lipinski definition) is 3. The zero-order valence-corrected chi connectivity index (χ0v) is 8.86. The molecule has 1 aromatic heterocycles. The number of anilines is 1. The Morgan fingerprint density at radius 1 is 1.59 bits per heavy atom. The second-order valence-corrected chi connectivity index (χ2v) is 3.89. The summed E-state index contributed by atoms with van der Waals surface area (Å²) in [7, 11) is 0. The minimum Gasteiger partial charge on any atom is -0.465 e. The predicted molar refractivity (Wildman–Crippen MR) is 56.3 cm³/mol. The van der Waals surface area contributed by atoms with Gasteiger partial charge in [0.15, 0.2) is 0 Å². The van der Waals surface area contributed by atoms with E-state index in [-0.39, 0.29) is 19.6 Å². The molecule has 1 amide bonds. The van der Waals surface area contributed by atoms with Crippen LogP contribution in [0.3, 0.4) is 0 Å². The topological polar surface area (TPSA) is 65.5 Å². The van der Waals surface area contributed by atoms with Crippen LogP contribution >= 0.6 is 0 Å². The third-order valence-corrected chi connectivity index (χ3v) is 2.42. The van der Waals surface area contributed by atoms with Gasteiger partial charge in [0.05, 0.1) is 13.1 Å². The zero-order chi connectivity index (χ0) is 12.5. The summed E-state index contributed by atoms with van der Waals surface area (Å²) in [5.74, 6) is -2.20. The molecule has 2 N–H and O–H groups in total. The number of hydrogen-bond donors (Lipinski definition) is 2. The number of nitrogens with one attached hydrogen (secondary N) is 1. The van der Waals surface area contributed by atoms with Gasteiger partial charge in [0.25, 0.3) is 5.92 Å². The van der Waals surface area contributed by atoms with E-state index in [0.717, 1.165) is 0 Å². The SMILES string of the molecule is O=C(O)NCc1ccnc(N2CC(F)(F)C2)c1. The minimum absolute atomic E-state index is 0.134. The van der Waals surface area contributed by atoms with Gasteiger partial charge >= 0.3 is 6.09 Å². The third kappa shape index (κ3) is 2.80. The summed E-state index contributed by atoms with van der Waals surface area (Å²) in [5, 5.41) is 10.6. The van der Waals surface area contributed by atoms with Crippen molar-refractivity contribution in [3.8, 4) is 0 Å². The highest BCUT2D eigenvalue weighted by Gasteiger charge is 2.44. The average Bonchev–Trinajstić information content (AvgIpc) is 2.23. The van der Waals surface area contributed by atoms with Crippen LogP contribution in [-0.4, -0.2) is 35.2 Å². The Morgan fingerprint density at radius 2 is 2.29 bits per heavy atom. The van der Waals surface area contributed by atoms with Crippen molar-refractivity contribution in [3.63, 3.8) is 0 Å². The number of carboxylic acid groups (broad SMARTS) is 1. The maximum Gasteiger partial charge on any atom is 0.404 e. The molecule has 1 aromatic rings. The largest absolute Gasteiger partial charge is 0.465 e. The van der Waals surface area contributed by atoms with Crippen LogP contribution < -0.4 is 10.2 Å². The summed E-state index contributed by atoms with van der Waals surface area (Å²) in [6.45, 7) is -0.541. The van der Waals surface area contributed by atoms with Crippen molar-refractivity contribution in [1.82, 2.24) is 10.3 Å². The van der Waals surface area contributed by atoms with Crippen molar-refractivity contribution >= 4 is 11.9 Å². The molecular formula is C10H11F2N3O2. The van der Waals surface area contributed by atoms with Crippen molar-refractivity contribution in [2.45, 2.75) is 12.5 Å². The molecule has 1 aliphatic heterocycles. The van der Waals surface area contributed by atoms with Gasteiger partial charge in [-0.15, -0.1) is 0 Å². The van der Waals surface area contributed by atoms with Gasteiger partial charge in [0.1, 0.15) is 5.82 Å². The second-order valence-electron chi connectivity index (χ2n) is 3.89. The van der Waals surface area contributed by atoms with Crippen molar-refractivity contribution in [2.75, 3.05) is 18.0 Å². The van der Waals surface area contributed by atoms with E-state index in [1.165, 1.54) is 11.1 Å². The maximum atomic E-state index is 12.7. The Kier molecular flexibility index (Phi) is 2.83. The van der Waals surface area contributed by atoms with Gasteiger partial charge in [-0.1, -0.05) is 0 Å². The molecule has 0 unspecified atom stereocenters. The fraction of sp³-hybridized carbons (Fsp3) is 0.400. The van der Waals surface area contributed by atoms with Crippen LogP contribution in [0.15, 0.2) is 18.3 Å². The van der Waals surface area contributed by atoms with E-state index in [0.29, 0.717) is 11.4 Å². The first-order valence-electron chi connectivity index (χ1n) is 5.01. The van der Waals surface area contributed by atoms with E-state index in [9.17, 15) is 13.6 Å². The molecule has 1 aliphatic rings. The van der Waals surface area contributed by atoms with E-state index in [1.54, 1.807) is 12.1 Å². The molecular weight excluding hydrogens is 232 g/mol. The van der Waals surface area contributed by atoms with Crippen LogP contribution in [0, 0.1) is 0 Å². The van der Waals surface area contributed by atoms with Crippen LogP contribution in [0.2, 0.25) is 0 Å². The number of carbonyl (C=O) groups is 1. The lowest BCUT2D eigenvalue weighted by molar-refractivity contribution is -0.0267. The standard InChI is InChI=1S/C10H11F2N3O2/c11-10(12)5-15(6-10)8-3-7(1-2-13-8)4-14-9(16)17/h1-3,14H,4-6H2,(H,16,17). The fourth-order valence-electron chi connectivity index (χ4n) is 1.60. The smallest absolute Gasteiger partial charge is 0.404 e. The summed E-state index contributed by atoms with van der Waals surface area (Å²) in [5.41, 5.74) is 0.688. The number of halogens is 2. The van der Waals surface area contributed by atoms with Crippen LogP contribution in [-0.2, 0) is 6.54 Å². The normalized spacial score (nSPS) is 17.4. The Labute approximate surface area is 96.1 Å². The van der Waals surface area contributed by atoms with Gasteiger partial charge in [0, 0.05) is 12.7 Å². The number of amides is 1. The molecule has 0 saturated carbocycles. The minimum atomic E-state index is -2.64. The number of pyridine rings is 1. The first-order valence-corrected chi connectivity index (χ1v) is 5.01. The maximum absolute atomic E-state index is 12.7. The van der Waals surface area contributed by atoms with Gasteiger partial charge in [-0.2, -0.15) is 0 Å². The molecule has 0 bridgehead atoms. The molecule has 5 nitrogen and oxygen atoms in total. The number of nitrogens with zero attached hydrogens (tertiary/aromatic N) is 2. The molecule has 0 radical (unpaired) electrons. The number of aromatic nitrogens is 1. The molecule has 17 heavy (non-hydrogen) atoms. The van der Waals surface area contributed by atoms with Crippen molar-refractivity contribution in [1.29, 1.82) is 0 Å². The van der Waals surface area contributed by atoms with Crippen LogP contribution in [0.1, 0.15) is 5.56 Å². The van der Waals surface area contributed by atoms with E-state index >= 15 is 0 Å². The molecule has 0 aromatic carbocycles. The van der Waals surface area contributed by atoms with E-state index in [1.807, 2.05) is 0 Å². The molecule has 0 aliphatic carbocycles. The Bertz CT molecular complexity index is 431. The van der Waals surface area contributed by atoms with Gasteiger partial charge < -0.3 is 15.3 Å². The highest BCUT2D eigenvalue weighted by Crippen LogP contribution is 2.30. The zero-order valence-electron chi connectivity index (χ0n) is 8.86. The highest BCUT2D eigenvalue weighted by atomic mass is 19.3. The molecule has 1 saturated heterocycles. The Morgan fingerprint density at radius 3 is 2.88 bits per heavy atom. The quantitative estimate of drug-likeness (QED) is 0.839. The van der Waals surface area contributed by atoms with Gasteiger partial charge in [0.2, 0.25) is 0 Å². The molecule has 0 atom stereocenters. The molecule has 2 heterocycles. The van der Waals surface area contributed by atoms with Crippen molar-refractivity contribution in [3.05, 3.63) is 23.9 Å². The molecule has 0 spiro atoms. The Hall–Kier alpha value is -1.92. The predicted octanol–water partition coefficient (Wildman–Crippen LogP) is 1.30. The molecule has 7 heteroatoms. The highest BCUT2D eigenvalue weighted by molar-refractivity contribution is 5.64. The second kappa shape index (κ2) is 4.15. The van der Waals surface area contributed by atoms with Crippen LogP contribution in [0.25, 0.3) is 0 Å².